The lowest BCUT2D eigenvalue weighted by Crippen LogP contribution is -2.56. The monoisotopic (exact) mass is 465 g/mol. The molecule has 168 valence electrons. The van der Waals surface area contributed by atoms with Crippen molar-refractivity contribution >= 4 is 38.9 Å². The number of halogens is 1. The number of piperazine rings is 1. The van der Waals surface area contributed by atoms with Crippen molar-refractivity contribution in [1.29, 1.82) is 0 Å². The molecule has 1 saturated heterocycles. The van der Waals surface area contributed by atoms with Gasteiger partial charge in [0.2, 0.25) is 15.9 Å². The zero-order valence-corrected chi connectivity index (χ0v) is 19.6. The average Bonchev–Trinajstić information content (AvgIpc) is 2.76. The van der Waals surface area contributed by atoms with Gasteiger partial charge in [0.15, 0.2) is 0 Å². The van der Waals surface area contributed by atoms with Gasteiger partial charge in [-0.1, -0.05) is 24.6 Å². The van der Waals surface area contributed by atoms with E-state index in [9.17, 15) is 13.2 Å². The highest BCUT2D eigenvalue weighted by molar-refractivity contribution is 7.92. The van der Waals surface area contributed by atoms with Crippen LogP contribution >= 0.6 is 11.6 Å². The molecule has 0 radical (unpaired) electrons. The maximum Gasteiger partial charge on any atom is 0.246 e. The van der Waals surface area contributed by atoms with Crippen molar-refractivity contribution in [2.75, 3.05) is 48.7 Å². The molecule has 1 aliphatic heterocycles. The Hall–Kier alpha value is -2.45. The Bertz CT molecular complexity index is 1010. The molecular weight excluding hydrogens is 438 g/mol. The number of sulfonamides is 1. The van der Waals surface area contributed by atoms with E-state index >= 15 is 0 Å². The van der Waals surface area contributed by atoms with Crippen molar-refractivity contribution in [1.82, 2.24) is 4.90 Å². The zero-order valence-electron chi connectivity index (χ0n) is 18.0. The number of benzene rings is 2. The number of nitrogens with zero attached hydrogens (tertiary/aromatic N) is 3. The maximum atomic E-state index is 13.4. The molecule has 1 atom stereocenters. The molecule has 0 N–H and O–H groups in total. The van der Waals surface area contributed by atoms with Gasteiger partial charge in [-0.15, -0.1) is 0 Å². The predicted molar refractivity (Wildman–Crippen MR) is 125 cm³/mol. The Balaban J connectivity index is 1.75. The number of hydrogen-bond acceptors (Lipinski definition) is 5. The molecule has 3 rings (SSSR count). The highest BCUT2D eigenvalue weighted by Gasteiger charge is 2.35. The minimum Gasteiger partial charge on any atom is -0.497 e. The highest BCUT2D eigenvalue weighted by atomic mass is 35.5. The Morgan fingerprint density at radius 1 is 1.13 bits per heavy atom. The van der Waals surface area contributed by atoms with Gasteiger partial charge in [-0.3, -0.25) is 9.10 Å². The number of anilines is 2. The first-order valence-corrected chi connectivity index (χ1v) is 12.4. The fourth-order valence-corrected chi connectivity index (χ4v) is 5.23. The average molecular weight is 466 g/mol. The summed E-state index contributed by atoms with van der Waals surface area (Å²) in [6, 6.07) is 13.6. The SMILES string of the molecule is CCC(C(=O)N1CCN(c2ccc(OC)cc2)CC1)N(c1cccc(Cl)c1)S(C)(=O)=O. The fraction of sp³-hybridized carbons (Fsp3) is 0.409. The van der Waals surface area contributed by atoms with Gasteiger partial charge < -0.3 is 14.5 Å². The Kier molecular flexibility index (Phi) is 7.33. The molecule has 1 amide bonds. The summed E-state index contributed by atoms with van der Waals surface area (Å²) < 4.78 is 31.6. The van der Waals surface area contributed by atoms with Crippen LogP contribution in [0, 0.1) is 0 Å². The molecule has 2 aromatic carbocycles. The van der Waals surface area contributed by atoms with Crippen LogP contribution in [0.15, 0.2) is 48.5 Å². The largest absolute Gasteiger partial charge is 0.497 e. The van der Waals surface area contributed by atoms with Crippen LogP contribution in [0.1, 0.15) is 13.3 Å². The van der Waals surface area contributed by atoms with Gasteiger partial charge in [0.05, 0.1) is 19.1 Å². The predicted octanol–water partition coefficient (Wildman–Crippen LogP) is 3.24. The maximum absolute atomic E-state index is 13.4. The topological polar surface area (TPSA) is 70.2 Å². The molecule has 9 heteroatoms. The first-order chi connectivity index (χ1) is 14.7. The van der Waals surface area contributed by atoms with Crippen LogP contribution in [0.4, 0.5) is 11.4 Å². The number of amides is 1. The summed E-state index contributed by atoms with van der Waals surface area (Å²) >= 11 is 6.08. The minimum absolute atomic E-state index is 0.192. The Labute approximate surface area is 189 Å². The number of hydrogen-bond donors (Lipinski definition) is 0. The van der Waals surface area contributed by atoms with E-state index in [1.165, 1.54) is 4.31 Å². The molecular formula is C22H28ClN3O4S. The zero-order chi connectivity index (χ0) is 22.6. The molecule has 31 heavy (non-hydrogen) atoms. The number of carbonyl (C=O) groups excluding carboxylic acids is 1. The van der Waals surface area contributed by atoms with E-state index in [2.05, 4.69) is 4.90 Å². The molecule has 0 aliphatic carbocycles. The van der Waals surface area contributed by atoms with E-state index in [0.29, 0.717) is 43.3 Å². The van der Waals surface area contributed by atoms with Crippen LogP contribution in [0.3, 0.4) is 0 Å². The lowest BCUT2D eigenvalue weighted by atomic mass is 10.1. The molecule has 0 spiro atoms. The van der Waals surface area contributed by atoms with Crippen molar-refractivity contribution in [2.45, 2.75) is 19.4 Å². The second kappa shape index (κ2) is 9.78. The molecule has 7 nitrogen and oxygen atoms in total. The normalized spacial score (nSPS) is 15.5. The van der Waals surface area contributed by atoms with E-state index in [-0.39, 0.29) is 5.91 Å². The van der Waals surface area contributed by atoms with E-state index in [1.807, 2.05) is 31.2 Å². The summed E-state index contributed by atoms with van der Waals surface area (Å²) in [4.78, 5) is 17.3. The van der Waals surface area contributed by atoms with Crippen LogP contribution in [0.25, 0.3) is 0 Å². The highest BCUT2D eigenvalue weighted by Crippen LogP contribution is 2.27. The Morgan fingerprint density at radius 2 is 1.77 bits per heavy atom. The summed E-state index contributed by atoms with van der Waals surface area (Å²) in [5.41, 5.74) is 1.46. The lowest BCUT2D eigenvalue weighted by molar-refractivity contribution is -0.132. The minimum atomic E-state index is -3.69. The third kappa shape index (κ3) is 5.43. The summed E-state index contributed by atoms with van der Waals surface area (Å²) in [7, 11) is -2.05. The first kappa shape index (κ1) is 23.2. The summed E-state index contributed by atoms with van der Waals surface area (Å²) in [5.74, 6) is 0.604. The fourth-order valence-electron chi connectivity index (χ4n) is 3.85. The number of rotatable bonds is 7. The van der Waals surface area contributed by atoms with E-state index in [4.69, 9.17) is 16.3 Å². The molecule has 1 heterocycles. The van der Waals surface area contributed by atoms with Crippen molar-refractivity contribution in [3.63, 3.8) is 0 Å². The quantitative estimate of drug-likeness (QED) is 0.627. The van der Waals surface area contributed by atoms with Crippen LogP contribution in [0.2, 0.25) is 5.02 Å². The number of carbonyl (C=O) groups is 1. The smallest absolute Gasteiger partial charge is 0.246 e. The van der Waals surface area contributed by atoms with Gasteiger partial charge in [0, 0.05) is 36.9 Å². The molecule has 0 aromatic heterocycles. The summed E-state index contributed by atoms with van der Waals surface area (Å²) in [6.07, 6.45) is 1.47. The standard InChI is InChI=1S/C22H28ClN3O4S/c1-4-21(26(31(3,28)29)19-7-5-6-17(23)16-19)22(27)25-14-12-24(13-15-25)18-8-10-20(30-2)11-9-18/h5-11,16,21H,4,12-15H2,1-3H3. The molecule has 1 fully saturated rings. The third-order valence-electron chi connectivity index (χ3n) is 5.40. The van der Waals surface area contributed by atoms with Crippen LogP contribution < -0.4 is 13.9 Å². The molecule has 1 unspecified atom stereocenters. The Morgan fingerprint density at radius 3 is 2.29 bits per heavy atom. The van der Waals surface area contributed by atoms with Gasteiger partial charge in [-0.2, -0.15) is 0 Å². The number of ether oxygens (including phenoxy) is 1. The molecule has 2 aromatic rings. The van der Waals surface area contributed by atoms with E-state index in [0.717, 1.165) is 17.7 Å². The number of methoxy groups -OCH3 is 1. The van der Waals surface area contributed by atoms with Crippen molar-refractivity contribution < 1.29 is 17.9 Å². The van der Waals surface area contributed by atoms with Crippen LogP contribution in [-0.2, 0) is 14.8 Å². The van der Waals surface area contributed by atoms with Gasteiger partial charge in [-0.25, -0.2) is 8.42 Å². The first-order valence-electron chi connectivity index (χ1n) is 10.2. The molecule has 0 saturated carbocycles. The van der Waals surface area contributed by atoms with E-state index < -0.39 is 16.1 Å². The van der Waals surface area contributed by atoms with Crippen LogP contribution in [0.5, 0.6) is 5.75 Å². The van der Waals surface area contributed by atoms with Crippen molar-refractivity contribution in [3.8, 4) is 5.75 Å². The summed E-state index contributed by atoms with van der Waals surface area (Å²) in [5, 5.41) is 0.418. The van der Waals surface area contributed by atoms with E-state index in [1.54, 1.807) is 36.3 Å². The van der Waals surface area contributed by atoms with Crippen molar-refractivity contribution in [3.05, 3.63) is 53.6 Å². The third-order valence-corrected chi connectivity index (χ3v) is 6.82. The van der Waals surface area contributed by atoms with Crippen molar-refractivity contribution in [2.24, 2.45) is 0 Å². The second-order valence-electron chi connectivity index (χ2n) is 7.47. The molecule has 0 bridgehead atoms. The van der Waals surface area contributed by atoms with Gasteiger partial charge >= 0.3 is 0 Å². The molecule has 1 aliphatic rings. The summed E-state index contributed by atoms with van der Waals surface area (Å²) in [6.45, 7) is 4.21. The van der Waals surface area contributed by atoms with Gasteiger partial charge in [0.1, 0.15) is 11.8 Å². The van der Waals surface area contributed by atoms with Gasteiger partial charge in [-0.05, 0) is 48.9 Å². The lowest BCUT2D eigenvalue weighted by Gasteiger charge is -2.39. The second-order valence-corrected chi connectivity index (χ2v) is 9.77. The van der Waals surface area contributed by atoms with Gasteiger partial charge in [0.25, 0.3) is 0 Å². The van der Waals surface area contributed by atoms with Crippen LogP contribution in [-0.4, -0.2) is 64.8 Å².